The number of rotatable bonds is 11. The van der Waals surface area contributed by atoms with Crippen LogP contribution in [0.15, 0.2) is 60.7 Å². The Balaban J connectivity index is 2.03. The minimum atomic E-state index is -1.28. The maximum absolute atomic E-state index is 14.1. The Morgan fingerprint density at radius 1 is 0.951 bits per heavy atom. The molecule has 0 saturated heterocycles. The highest BCUT2D eigenvalue weighted by Crippen LogP contribution is 2.29. The molecule has 2 atom stereocenters. The quantitative estimate of drug-likeness (QED) is 0.247. The monoisotopic (exact) mass is 561 g/mol. The van der Waals surface area contributed by atoms with Gasteiger partial charge in [-0.15, -0.1) is 0 Å². The van der Waals surface area contributed by atoms with Gasteiger partial charge >= 0.3 is 6.09 Å². The lowest BCUT2D eigenvalue weighted by molar-refractivity contribution is -0.141. The average molecular weight is 562 g/mol. The number of carbonyl (C=O) groups is 3. The molecule has 0 heterocycles. The number of carbonyl (C=O) groups excluding carboxylic acids is 3. The summed E-state index contributed by atoms with van der Waals surface area (Å²) in [6, 6.07) is 16.9. The molecule has 0 aromatic heterocycles. The van der Waals surface area contributed by atoms with Gasteiger partial charge in [-0.1, -0.05) is 68.3 Å². The normalized spacial score (nSPS) is 12.9. The van der Waals surface area contributed by atoms with Gasteiger partial charge in [-0.2, -0.15) is 0 Å². The number of anilines is 1. The number of hydrogen-bond donors (Lipinski definition) is 3. The second-order valence-electron chi connectivity index (χ2n) is 11.4. The number of unbranched alkanes of at least 4 members (excludes halogenated alkanes) is 2. The first-order valence-corrected chi connectivity index (χ1v) is 14.2. The van der Waals surface area contributed by atoms with E-state index < -0.39 is 36.3 Å². The molecule has 0 fully saturated rings. The third kappa shape index (κ3) is 8.54. The molecule has 3 aromatic rings. The van der Waals surface area contributed by atoms with Gasteiger partial charge in [-0.05, 0) is 80.6 Å². The van der Waals surface area contributed by atoms with Gasteiger partial charge in [0.05, 0.1) is 6.61 Å². The molecule has 3 amide bonds. The van der Waals surface area contributed by atoms with Crippen molar-refractivity contribution in [3.63, 3.8) is 0 Å². The fraction of sp³-hybridized carbons (Fsp3) is 0.424. The Bertz CT molecular complexity index is 1360. The summed E-state index contributed by atoms with van der Waals surface area (Å²) in [5.74, 6) is -0.943. The van der Waals surface area contributed by atoms with Crippen LogP contribution in [0.25, 0.3) is 10.8 Å². The van der Waals surface area contributed by atoms with E-state index in [1.54, 1.807) is 20.8 Å². The van der Waals surface area contributed by atoms with E-state index in [0.29, 0.717) is 17.7 Å². The molecular weight excluding hydrogens is 518 g/mol. The summed E-state index contributed by atoms with van der Waals surface area (Å²) in [7, 11) is 0. The lowest BCUT2D eigenvalue weighted by atomic mass is 9.94. The number of nitrogens with zero attached hydrogens (tertiary/aromatic N) is 1. The molecular formula is C33H43N3O5. The van der Waals surface area contributed by atoms with E-state index in [2.05, 4.69) is 17.6 Å². The highest BCUT2D eigenvalue weighted by molar-refractivity contribution is 6.00. The fourth-order valence-corrected chi connectivity index (χ4v) is 4.73. The van der Waals surface area contributed by atoms with Crippen molar-refractivity contribution in [1.29, 1.82) is 0 Å². The number of aliphatic hydroxyl groups excluding tert-OH is 1. The zero-order chi connectivity index (χ0) is 30.2. The van der Waals surface area contributed by atoms with Gasteiger partial charge < -0.3 is 25.4 Å². The first-order chi connectivity index (χ1) is 19.4. The van der Waals surface area contributed by atoms with E-state index in [4.69, 9.17) is 4.74 Å². The molecule has 8 heteroatoms. The number of alkyl carbamates (subject to hydrolysis) is 1. The molecule has 0 aliphatic rings. The highest BCUT2D eigenvalue weighted by Gasteiger charge is 2.36. The molecule has 0 radical (unpaired) electrons. The van der Waals surface area contributed by atoms with Crippen LogP contribution in [-0.4, -0.2) is 52.7 Å². The molecule has 220 valence electrons. The molecule has 3 rings (SSSR count). The second-order valence-corrected chi connectivity index (χ2v) is 11.4. The molecule has 3 N–H and O–H groups in total. The molecule has 0 bridgehead atoms. The van der Waals surface area contributed by atoms with Crippen LogP contribution in [0.5, 0.6) is 0 Å². The topological polar surface area (TPSA) is 108 Å². The van der Waals surface area contributed by atoms with Crippen LogP contribution in [0.1, 0.15) is 69.7 Å². The van der Waals surface area contributed by atoms with Crippen molar-refractivity contribution < 1.29 is 24.2 Å². The number of aliphatic hydroxyl groups is 1. The average Bonchev–Trinajstić information content (AvgIpc) is 2.92. The third-order valence-corrected chi connectivity index (χ3v) is 6.98. The maximum atomic E-state index is 14.1. The zero-order valence-corrected chi connectivity index (χ0v) is 25.0. The summed E-state index contributed by atoms with van der Waals surface area (Å²) < 4.78 is 5.33. The zero-order valence-electron chi connectivity index (χ0n) is 25.0. The third-order valence-electron chi connectivity index (χ3n) is 6.98. The van der Waals surface area contributed by atoms with Crippen molar-refractivity contribution >= 4 is 34.4 Å². The van der Waals surface area contributed by atoms with E-state index in [-0.39, 0.29) is 12.5 Å². The Kier molecular flexibility index (Phi) is 10.9. The maximum Gasteiger partial charge on any atom is 0.408 e. The summed E-state index contributed by atoms with van der Waals surface area (Å²) in [6.07, 6.45) is 1.59. The number of ether oxygens (including phenoxy) is 1. The van der Waals surface area contributed by atoms with Gasteiger partial charge in [0.25, 0.3) is 5.91 Å². The summed E-state index contributed by atoms with van der Waals surface area (Å²) >= 11 is 0. The van der Waals surface area contributed by atoms with Crippen LogP contribution in [0.4, 0.5) is 10.5 Å². The van der Waals surface area contributed by atoms with E-state index >= 15 is 0 Å². The standard InChI is InChI=1S/C33H43N3O5/c1-7-8-11-19-36(31(39)28(21-37)35-32(40)41-33(4,5)6)29(27-16-12-13-22(2)23(27)3)30(38)34-26-18-17-24-14-9-10-15-25(24)20-26/h9-10,12-18,20,28-29,37H,7-8,11,19,21H2,1-6H3,(H,34,38)(H,35,40). The molecule has 0 saturated carbocycles. The first-order valence-electron chi connectivity index (χ1n) is 14.2. The van der Waals surface area contributed by atoms with E-state index in [1.807, 2.05) is 74.5 Å². The van der Waals surface area contributed by atoms with Crippen molar-refractivity contribution in [2.24, 2.45) is 0 Å². The van der Waals surface area contributed by atoms with Gasteiger partial charge in [0, 0.05) is 12.2 Å². The van der Waals surface area contributed by atoms with Crippen LogP contribution in [0.3, 0.4) is 0 Å². The summed E-state index contributed by atoms with van der Waals surface area (Å²) in [5, 5.41) is 17.7. The van der Waals surface area contributed by atoms with Crippen molar-refractivity contribution in [3.05, 3.63) is 77.4 Å². The fourth-order valence-electron chi connectivity index (χ4n) is 4.73. The van der Waals surface area contributed by atoms with Crippen LogP contribution in [0, 0.1) is 13.8 Å². The van der Waals surface area contributed by atoms with Gasteiger partial charge in [0.15, 0.2) is 0 Å². The number of fused-ring (bicyclic) bond motifs is 1. The van der Waals surface area contributed by atoms with E-state index in [9.17, 15) is 19.5 Å². The molecule has 0 aliphatic heterocycles. The van der Waals surface area contributed by atoms with E-state index in [1.165, 1.54) is 4.90 Å². The Labute approximate surface area is 243 Å². The van der Waals surface area contributed by atoms with Gasteiger partial charge in [-0.3, -0.25) is 9.59 Å². The summed E-state index contributed by atoms with van der Waals surface area (Å²) in [6.45, 7) is 10.7. The Hall–Kier alpha value is -3.91. The second kappa shape index (κ2) is 14.1. The van der Waals surface area contributed by atoms with Gasteiger partial charge in [0.1, 0.15) is 17.7 Å². The predicted octanol–water partition coefficient (Wildman–Crippen LogP) is 6.04. The molecule has 2 unspecified atom stereocenters. The number of benzene rings is 3. The number of hydrogen-bond acceptors (Lipinski definition) is 5. The first kappa shape index (κ1) is 31.6. The van der Waals surface area contributed by atoms with Crippen molar-refractivity contribution in [3.8, 4) is 0 Å². The lowest BCUT2D eigenvalue weighted by Gasteiger charge is -2.35. The van der Waals surface area contributed by atoms with Gasteiger partial charge in [-0.25, -0.2) is 4.79 Å². The van der Waals surface area contributed by atoms with Crippen molar-refractivity contribution in [2.75, 3.05) is 18.5 Å². The minimum absolute atomic E-state index is 0.266. The lowest BCUT2D eigenvalue weighted by Crippen LogP contribution is -2.54. The van der Waals surface area contributed by atoms with Gasteiger partial charge in [0.2, 0.25) is 5.91 Å². The minimum Gasteiger partial charge on any atom is -0.444 e. The number of amides is 3. The SMILES string of the molecule is CCCCCN(C(=O)C(CO)NC(=O)OC(C)(C)C)C(C(=O)Nc1ccc2ccccc2c1)c1cccc(C)c1C. The molecule has 41 heavy (non-hydrogen) atoms. The molecule has 8 nitrogen and oxygen atoms in total. The van der Waals surface area contributed by atoms with E-state index in [0.717, 1.165) is 34.7 Å². The van der Waals surface area contributed by atoms with Crippen LogP contribution in [-0.2, 0) is 14.3 Å². The summed E-state index contributed by atoms with van der Waals surface area (Å²) in [4.78, 5) is 42.2. The largest absolute Gasteiger partial charge is 0.444 e. The van der Waals surface area contributed by atoms with Crippen LogP contribution < -0.4 is 10.6 Å². The number of nitrogens with one attached hydrogen (secondary N) is 2. The van der Waals surface area contributed by atoms with Crippen LogP contribution in [0.2, 0.25) is 0 Å². The predicted molar refractivity (Wildman–Crippen MR) is 163 cm³/mol. The van der Waals surface area contributed by atoms with Crippen molar-refractivity contribution in [1.82, 2.24) is 10.2 Å². The number of aryl methyl sites for hydroxylation is 1. The smallest absolute Gasteiger partial charge is 0.408 e. The summed E-state index contributed by atoms with van der Waals surface area (Å²) in [5.41, 5.74) is 2.38. The van der Waals surface area contributed by atoms with Crippen LogP contribution >= 0.6 is 0 Å². The Morgan fingerprint density at radius 2 is 1.66 bits per heavy atom. The molecule has 0 aliphatic carbocycles. The van der Waals surface area contributed by atoms with Crippen molar-refractivity contribution in [2.45, 2.75) is 78.5 Å². The Morgan fingerprint density at radius 3 is 2.32 bits per heavy atom. The molecule has 0 spiro atoms. The molecule has 3 aromatic carbocycles. The highest BCUT2D eigenvalue weighted by atomic mass is 16.6.